The first-order chi connectivity index (χ1) is 14.7. The van der Waals surface area contributed by atoms with E-state index in [9.17, 15) is 0 Å². The zero-order chi connectivity index (χ0) is 20.1. The maximum Gasteiger partial charge on any atom is 0.151 e. The first-order valence-corrected chi connectivity index (χ1v) is 11.5. The lowest BCUT2D eigenvalue weighted by atomic mass is 9.76. The fraction of sp³-hybridized carbons (Fsp3) is 0.364. The molecule has 3 aromatic heterocycles. The van der Waals surface area contributed by atoms with Crippen LogP contribution in [0.3, 0.4) is 0 Å². The third-order valence-corrected chi connectivity index (χ3v) is 7.90. The first-order valence-electron chi connectivity index (χ1n) is 10.3. The summed E-state index contributed by atoms with van der Waals surface area (Å²) >= 11 is 8.77. The lowest BCUT2D eigenvalue weighted by Crippen LogP contribution is -2.26. The number of hydrogen-bond acceptors (Lipinski definition) is 6. The number of rotatable bonds is 2. The Hall–Kier alpha value is -2.35. The Balaban J connectivity index is 1.27. The second kappa shape index (κ2) is 7.11. The van der Waals surface area contributed by atoms with Crippen molar-refractivity contribution in [2.75, 3.05) is 0 Å². The molecule has 6 rings (SSSR count). The summed E-state index contributed by atoms with van der Waals surface area (Å²) < 4.78 is 7.97. The molecule has 0 atom stereocenters. The van der Waals surface area contributed by atoms with Gasteiger partial charge in [0.25, 0.3) is 0 Å². The number of hydrogen-bond donors (Lipinski definition) is 1. The molecule has 1 fully saturated rings. The van der Waals surface area contributed by atoms with Crippen LogP contribution in [0.2, 0.25) is 0 Å². The van der Waals surface area contributed by atoms with Gasteiger partial charge in [-0.2, -0.15) is 4.37 Å². The van der Waals surface area contributed by atoms with Gasteiger partial charge in [0.05, 0.1) is 27.5 Å². The summed E-state index contributed by atoms with van der Waals surface area (Å²) in [5.41, 5.74) is 5.80. The average molecular weight is 437 g/mol. The van der Waals surface area contributed by atoms with Gasteiger partial charge in [0.1, 0.15) is 11.8 Å². The minimum Gasteiger partial charge on any atom is -0.306 e. The van der Waals surface area contributed by atoms with Gasteiger partial charge in [-0.15, -0.1) is 21.8 Å². The lowest BCUT2D eigenvalue weighted by Gasteiger charge is -2.35. The Morgan fingerprint density at radius 1 is 1.17 bits per heavy atom. The zero-order valence-corrected chi connectivity index (χ0v) is 18.0. The molecule has 6 nitrogen and oxygen atoms in total. The summed E-state index contributed by atoms with van der Waals surface area (Å²) in [6, 6.07) is 10.7. The lowest BCUT2D eigenvalue weighted by molar-refractivity contribution is 0.357. The molecule has 30 heavy (non-hydrogen) atoms. The third kappa shape index (κ3) is 2.95. The van der Waals surface area contributed by atoms with Gasteiger partial charge in [-0.05, 0) is 66.5 Å². The van der Waals surface area contributed by atoms with Crippen LogP contribution in [-0.2, 0) is 18.0 Å². The van der Waals surface area contributed by atoms with E-state index in [1.807, 2.05) is 12.3 Å². The van der Waals surface area contributed by atoms with Gasteiger partial charge in [-0.25, -0.2) is 0 Å². The van der Waals surface area contributed by atoms with Crippen molar-refractivity contribution in [3.8, 4) is 5.69 Å². The van der Waals surface area contributed by atoms with Crippen LogP contribution in [0.5, 0.6) is 0 Å². The van der Waals surface area contributed by atoms with E-state index in [1.165, 1.54) is 15.8 Å². The molecule has 4 aromatic rings. The Morgan fingerprint density at radius 2 is 2.07 bits per heavy atom. The molecule has 0 bridgehead atoms. The van der Waals surface area contributed by atoms with E-state index >= 15 is 0 Å². The van der Waals surface area contributed by atoms with Crippen molar-refractivity contribution < 1.29 is 0 Å². The van der Waals surface area contributed by atoms with Gasteiger partial charge < -0.3 is 5.32 Å². The van der Waals surface area contributed by atoms with E-state index in [0.717, 1.165) is 55.0 Å². The third-order valence-electron chi connectivity index (χ3n) is 6.49. The molecule has 4 heterocycles. The second-order valence-corrected chi connectivity index (χ2v) is 9.75. The highest BCUT2D eigenvalue weighted by atomic mass is 35.5. The molecular formula is C22H21ClN6S. The minimum absolute atomic E-state index is 0.326. The van der Waals surface area contributed by atoms with E-state index in [2.05, 4.69) is 49.3 Å². The summed E-state index contributed by atoms with van der Waals surface area (Å²) in [5, 5.41) is 11.7. The Bertz CT molecular complexity index is 1220. The molecular weight excluding hydrogens is 416 g/mol. The highest BCUT2D eigenvalue weighted by molar-refractivity contribution is 7.13. The van der Waals surface area contributed by atoms with Crippen LogP contribution in [0.15, 0.2) is 42.9 Å². The molecule has 0 unspecified atom stereocenters. The van der Waals surface area contributed by atoms with E-state index in [1.54, 1.807) is 17.9 Å². The second-order valence-electron chi connectivity index (χ2n) is 8.22. The fourth-order valence-electron chi connectivity index (χ4n) is 4.83. The van der Waals surface area contributed by atoms with Crippen molar-refractivity contribution in [1.29, 1.82) is 0 Å². The topological polar surface area (TPSA) is 68.5 Å². The van der Waals surface area contributed by atoms with Gasteiger partial charge in [0.2, 0.25) is 0 Å². The minimum atomic E-state index is -0.326. The molecule has 0 saturated heterocycles. The van der Waals surface area contributed by atoms with Crippen molar-refractivity contribution in [3.05, 3.63) is 65.5 Å². The molecule has 1 saturated carbocycles. The Morgan fingerprint density at radius 3 is 2.97 bits per heavy atom. The fourth-order valence-corrected chi connectivity index (χ4v) is 5.99. The normalized spacial score (nSPS) is 23.7. The van der Waals surface area contributed by atoms with E-state index in [0.29, 0.717) is 12.5 Å². The van der Waals surface area contributed by atoms with Gasteiger partial charge in [-0.1, -0.05) is 12.1 Å². The van der Waals surface area contributed by atoms with Gasteiger partial charge in [0.15, 0.2) is 5.82 Å². The molecule has 8 heteroatoms. The number of pyridine rings is 1. The summed E-state index contributed by atoms with van der Waals surface area (Å²) in [5.74, 6) is 1.37. The number of nitrogens with one attached hydrogen (secondary N) is 1. The van der Waals surface area contributed by atoms with Crippen LogP contribution in [0, 0.1) is 0 Å². The highest BCUT2D eigenvalue weighted by Gasteiger charge is 2.37. The van der Waals surface area contributed by atoms with Crippen LogP contribution in [-0.4, -0.2) is 24.1 Å². The highest BCUT2D eigenvalue weighted by Crippen LogP contribution is 2.49. The monoisotopic (exact) mass is 436 g/mol. The summed E-state index contributed by atoms with van der Waals surface area (Å²) in [6.45, 7) is 1.52. The zero-order valence-electron chi connectivity index (χ0n) is 16.4. The van der Waals surface area contributed by atoms with Gasteiger partial charge in [0, 0.05) is 18.7 Å². The molecule has 0 amide bonds. The number of aromatic nitrogens is 5. The summed E-state index contributed by atoms with van der Waals surface area (Å²) in [4.78, 5) is 4.25. The number of halogens is 1. The summed E-state index contributed by atoms with van der Waals surface area (Å²) in [6.07, 6.45) is 7.59. The van der Waals surface area contributed by atoms with E-state index < -0.39 is 0 Å². The molecule has 152 valence electrons. The maximum absolute atomic E-state index is 7.22. The van der Waals surface area contributed by atoms with Crippen molar-refractivity contribution in [3.63, 3.8) is 0 Å². The van der Waals surface area contributed by atoms with Crippen LogP contribution < -0.4 is 5.32 Å². The molecule has 1 N–H and O–H groups in total. The first kappa shape index (κ1) is 18.4. The van der Waals surface area contributed by atoms with Crippen LogP contribution >= 0.6 is 23.1 Å². The maximum atomic E-state index is 7.22. The number of fused-ring (bicyclic) bond motifs is 4. The Labute approximate surface area is 183 Å². The SMILES string of the molecule is ClC1(c2ccc3c(c2)CNCc2nncn2-3)CCC(c2nsc3cccnc23)CC1. The standard InChI is InChI=1S/C22H21ClN6S/c23-22(7-5-14(6-8-22)20-21-18(30-28-20)2-1-9-25-21)16-3-4-17-15(10-16)11-24-12-19-27-26-13-29(17)19/h1-4,9-10,13-14,24H,5-8,11-12H2. The molecule has 1 aromatic carbocycles. The molecule has 2 aliphatic rings. The molecule has 0 radical (unpaired) electrons. The van der Waals surface area contributed by atoms with Crippen LogP contribution in [0.1, 0.15) is 54.2 Å². The average Bonchev–Trinajstić information content (AvgIpc) is 3.38. The van der Waals surface area contributed by atoms with Gasteiger partial charge >= 0.3 is 0 Å². The quantitative estimate of drug-likeness (QED) is 0.462. The van der Waals surface area contributed by atoms with Crippen molar-refractivity contribution >= 4 is 33.4 Å². The predicted molar refractivity (Wildman–Crippen MR) is 118 cm³/mol. The predicted octanol–water partition coefficient (Wildman–Crippen LogP) is 4.67. The number of benzene rings is 1. The van der Waals surface area contributed by atoms with E-state index in [4.69, 9.17) is 16.0 Å². The van der Waals surface area contributed by atoms with Crippen molar-refractivity contribution in [2.24, 2.45) is 0 Å². The molecule has 1 aliphatic carbocycles. The van der Waals surface area contributed by atoms with E-state index in [-0.39, 0.29) is 4.87 Å². The number of nitrogens with zero attached hydrogens (tertiary/aromatic N) is 5. The number of alkyl halides is 1. The summed E-state index contributed by atoms with van der Waals surface area (Å²) in [7, 11) is 0. The van der Waals surface area contributed by atoms with Crippen LogP contribution in [0.25, 0.3) is 15.9 Å². The largest absolute Gasteiger partial charge is 0.306 e. The van der Waals surface area contributed by atoms with Gasteiger partial charge in [-0.3, -0.25) is 9.55 Å². The Kier molecular flexibility index (Phi) is 4.37. The van der Waals surface area contributed by atoms with Crippen molar-refractivity contribution in [2.45, 2.75) is 49.6 Å². The smallest absolute Gasteiger partial charge is 0.151 e. The van der Waals surface area contributed by atoms with Crippen molar-refractivity contribution in [1.82, 2.24) is 29.4 Å². The van der Waals surface area contributed by atoms with Crippen LogP contribution in [0.4, 0.5) is 0 Å². The molecule has 1 aliphatic heterocycles. The molecule has 0 spiro atoms.